The maximum atomic E-state index is 13.0. The van der Waals surface area contributed by atoms with Crippen LogP contribution in [0.3, 0.4) is 0 Å². The van der Waals surface area contributed by atoms with Crippen LogP contribution in [0.5, 0.6) is 0 Å². The van der Waals surface area contributed by atoms with Gasteiger partial charge in [0.05, 0.1) is 25.0 Å². The van der Waals surface area contributed by atoms with Gasteiger partial charge in [0.1, 0.15) is 5.82 Å². The van der Waals surface area contributed by atoms with Gasteiger partial charge in [-0.15, -0.1) is 0 Å². The van der Waals surface area contributed by atoms with E-state index >= 15 is 0 Å². The molecule has 0 spiro atoms. The van der Waals surface area contributed by atoms with Crippen LogP contribution in [0, 0.1) is 5.82 Å². The van der Waals surface area contributed by atoms with Crippen molar-refractivity contribution in [2.24, 2.45) is 0 Å². The molecule has 0 saturated heterocycles. The molecule has 2 heterocycles. The molecule has 1 aromatic carbocycles. The minimum atomic E-state index is -0.600. The number of halogens is 1. The molecule has 0 radical (unpaired) electrons. The fraction of sp³-hybridized carbons (Fsp3) is 0.263. The van der Waals surface area contributed by atoms with Gasteiger partial charge in [-0.1, -0.05) is 12.1 Å². The number of Topliss-reactive ketones (excluding diaryl/α,β-unsaturated/α-hetero) is 1. The first kappa shape index (κ1) is 17.9. The van der Waals surface area contributed by atoms with E-state index in [1.165, 1.54) is 30.4 Å². The molecule has 1 aliphatic heterocycles. The van der Waals surface area contributed by atoms with Gasteiger partial charge in [-0.2, -0.15) is 0 Å². The van der Waals surface area contributed by atoms with Crippen molar-refractivity contribution >= 4 is 11.7 Å². The molecular weight excluding hydrogens is 341 g/mol. The van der Waals surface area contributed by atoms with Crippen molar-refractivity contribution in [3.63, 3.8) is 0 Å². The SMILES string of the molecule is COCCN1CC(C(=O)c2occc2Cc2ccc(F)cc2)=C(O)C1=O. The molecule has 0 fully saturated rings. The van der Waals surface area contributed by atoms with Crippen molar-refractivity contribution in [3.05, 3.63) is 70.6 Å². The number of amides is 1. The Hall–Kier alpha value is -2.93. The summed E-state index contributed by atoms with van der Waals surface area (Å²) in [5, 5.41) is 10.1. The Morgan fingerprint density at radius 3 is 2.73 bits per heavy atom. The number of carbonyl (C=O) groups is 2. The Bertz CT molecular complexity index is 853. The first-order valence-corrected chi connectivity index (χ1v) is 8.07. The van der Waals surface area contributed by atoms with Gasteiger partial charge < -0.3 is 19.2 Å². The van der Waals surface area contributed by atoms with Crippen molar-refractivity contribution in [2.45, 2.75) is 6.42 Å². The fourth-order valence-corrected chi connectivity index (χ4v) is 2.81. The maximum Gasteiger partial charge on any atom is 0.289 e. The zero-order valence-corrected chi connectivity index (χ0v) is 14.2. The monoisotopic (exact) mass is 359 g/mol. The van der Waals surface area contributed by atoms with Crippen LogP contribution in [0.15, 0.2) is 52.3 Å². The second kappa shape index (κ2) is 7.53. The normalized spacial score (nSPS) is 14.4. The zero-order chi connectivity index (χ0) is 18.7. The van der Waals surface area contributed by atoms with Gasteiger partial charge in [0.2, 0.25) is 5.78 Å². The summed E-state index contributed by atoms with van der Waals surface area (Å²) in [5.41, 5.74) is 1.41. The molecular formula is C19H18FNO5. The van der Waals surface area contributed by atoms with E-state index in [2.05, 4.69) is 0 Å². The molecule has 6 nitrogen and oxygen atoms in total. The average molecular weight is 359 g/mol. The van der Waals surface area contributed by atoms with E-state index in [-0.39, 0.29) is 30.2 Å². The predicted molar refractivity (Wildman–Crippen MR) is 90.4 cm³/mol. The maximum absolute atomic E-state index is 13.0. The molecule has 2 aromatic rings. The summed E-state index contributed by atoms with van der Waals surface area (Å²) in [6.45, 7) is 0.581. The number of ether oxygens (including phenoxy) is 1. The largest absolute Gasteiger partial charge is 0.503 e. The zero-order valence-electron chi connectivity index (χ0n) is 14.2. The third-order valence-electron chi connectivity index (χ3n) is 4.22. The predicted octanol–water partition coefficient (Wildman–Crippen LogP) is 2.49. The number of hydrogen-bond donors (Lipinski definition) is 1. The molecule has 3 rings (SSSR count). The van der Waals surface area contributed by atoms with Gasteiger partial charge >= 0.3 is 0 Å². The smallest absolute Gasteiger partial charge is 0.289 e. The van der Waals surface area contributed by atoms with Crippen LogP contribution in [-0.4, -0.2) is 48.5 Å². The number of hydrogen-bond acceptors (Lipinski definition) is 5. The molecule has 26 heavy (non-hydrogen) atoms. The third kappa shape index (κ3) is 3.52. The minimum absolute atomic E-state index is 0.00130. The molecule has 7 heteroatoms. The van der Waals surface area contributed by atoms with Crippen LogP contribution in [0.1, 0.15) is 21.7 Å². The molecule has 1 aromatic heterocycles. The second-order valence-corrected chi connectivity index (χ2v) is 5.95. The number of nitrogens with zero attached hydrogens (tertiary/aromatic N) is 1. The van der Waals surface area contributed by atoms with Gasteiger partial charge in [0.15, 0.2) is 11.5 Å². The second-order valence-electron chi connectivity index (χ2n) is 5.95. The summed E-state index contributed by atoms with van der Waals surface area (Å²) >= 11 is 0. The topological polar surface area (TPSA) is 80.0 Å². The van der Waals surface area contributed by atoms with Gasteiger partial charge in [0.25, 0.3) is 5.91 Å². The van der Waals surface area contributed by atoms with E-state index in [0.717, 1.165) is 5.56 Å². The first-order valence-electron chi connectivity index (χ1n) is 8.07. The number of aliphatic hydroxyl groups excluding tert-OH is 1. The molecule has 1 amide bonds. The highest BCUT2D eigenvalue weighted by molar-refractivity contribution is 6.14. The van der Waals surface area contributed by atoms with Crippen molar-refractivity contribution in [2.75, 3.05) is 26.8 Å². The standard InChI is InChI=1S/C19H18FNO5/c1-25-9-7-21-11-15(17(23)19(21)24)16(22)18-13(6-8-26-18)10-12-2-4-14(20)5-3-12/h2-6,8,23H,7,9-11H2,1H3. The van der Waals surface area contributed by atoms with Crippen LogP contribution in [0.4, 0.5) is 4.39 Å². The summed E-state index contributed by atoms with van der Waals surface area (Å²) in [6.07, 6.45) is 1.75. The number of carbonyl (C=O) groups excluding carboxylic acids is 2. The quantitative estimate of drug-likeness (QED) is 0.769. The summed E-state index contributed by atoms with van der Waals surface area (Å²) in [7, 11) is 1.50. The highest BCUT2D eigenvalue weighted by Gasteiger charge is 2.35. The Kier molecular flexibility index (Phi) is 5.18. The Balaban J connectivity index is 1.80. The summed E-state index contributed by atoms with van der Waals surface area (Å²) in [5.74, 6) is -1.96. The van der Waals surface area contributed by atoms with Crippen LogP contribution in [0.2, 0.25) is 0 Å². The van der Waals surface area contributed by atoms with E-state index in [4.69, 9.17) is 9.15 Å². The van der Waals surface area contributed by atoms with E-state index < -0.39 is 17.4 Å². The van der Waals surface area contributed by atoms with E-state index in [1.807, 2.05) is 0 Å². The lowest BCUT2D eigenvalue weighted by atomic mass is 10.0. The van der Waals surface area contributed by atoms with Gasteiger partial charge in [-0.05, 0) is 23.8 Å². The molecule has 1 N–H and O–H groups in total. The summed E-state index contributed by atoms with van der Waals surface area (Å²) < 4.78 is 23.3. The van der Waals surface area contributed by atoms with E-state index in [0.29, 0.717) is 18.6 Å². The fourth-order valence-electron chi connectivity index (χ4n) is 2.81. The Labute approximate surface area is 149 Å². The lowest BCUT2D eigenvalue weighted by Gasteiger charge is -2.14. The van der Waals surface area contributed by atoms with Crippen molar-refractivity contribution < 1.29 is 28.2 Å². The number of aliphatic hydroxyl groups is 1. The van der Waals surface area contributed by atoms with Crippen LogP contribution >= 0.6 is 0 Å². The Morgan fingerprint density at radius 2 is 2.04 bits per heavy atom. The van der Waals surface area contributed by atoms with Crippen molar-refractivity contribution in [1.82, 2.24) is 4.90 Å². The van der Waals surface area contributed by atoms with Crippen LogP contribution < -0.4 is 0 Å². The average Bonchev–Trinajstić information content (AvgIpc) is 3.20. The van der Waals surface area contributed by atoms with E-state index in [9.17, 15) is 19.1 Å². The first-order chi connectivity index (χ1) is 12.5. The molecule has 0 bridgehead atoms. The van der Waals surface area contributed by atoms with E-state index in [1.54, 1.807) is 18.2 Å². The summed E-state index contributed by atoms with van der Waals surface area (Å²) in [4.78, 5) is 26.2. The van der Waals surface area contributed by atoms with Crippen molar-refractivity contribution in [1.29, 1.82) is 0 Å². The molecule has 0 unspecified atom stereocenters. The molecule has 136 valence electrons. The van der Waals surface area contributed by atoms with Crippen LogP contribution in [0.25, 0.3) is 0 Å². The van der Waals surface area contributed by atoms with Crippen molar-refractivity contribution in [3.8, 4) is 0 Å². The lowest BCUT2D eigenvalue weighted by Crippen LogP contribution is -2.31. The lowest BCUT2D eigenvalue weighted by molar-refractivity contribution is -0.128. The third-order valence-corrected chi connectivity index (χ3v) is 4.22. The number of rotatable bonds is 7. The number of methoxy groups -OCH3 is 1. The number of ketones is 1. The Morgan fingerprint density at radius 1 is 1.31 bits per heavy atom. The van der Waals surface area contributed by atoms with Gasteiger partial charge in [0, 0.05) is 25.6 Å². The van der Waals surface area contributed by atoms with Crippen LogP contribution in [-0.2, 0) is 16.0 Å². The molecule has 1 aliphatic rings. The minimum Gasteiger partial charge on any atom is -0.503 e. The molecule has 0 atom stereocenters. The highest BCUT2D eigenvalue weighted by Crippen LogP contribution is 2.24. The summed E-state index contributed by atoms with van der Waals surface area (Å²) in [6, 6.07) is 7.58. The molecule has 0 saturated carbocycles. The highest BCUT2D eigenvalue weighted by atomic mass is 19.1. The van der Waals surface area contributed by atoms with Gasteiger partial charge in [-0.3, -0.25) is 9.59 Å². The molecule has 0 aliphatic carbocycles. The number of benzene rings is 1. The number of furan rings is 1. The van der Waals surface area contributed by atoms with Gasteiger partial charge in [-0.25, -0.2) is 4.39 Å².